The van der Waals surface area contributed by atoms with Crippen molar-refractivity contribution in [2.75, 3.05) is 13.7 Å². The summed E-state index contributed by atoms with van der Waals surface area (Å²) in [4.78, 5) is 11.9. The highest BCUT2D eigenvalue weighted by Gasteiger charge is 2.24. The van der Waals surface area contributed by atoms with Gasteiger partial charge in [-0.2, -0.15) is 0 Å². The van der Waals surface area contributed by atoms with Gasteiger partial charge in [0.05, 0.1) is 7.11 Å². The largest absolute Gasteiger partial charge is 0.508 e. The molecule has 0 unspecified atom stereocenters. The van der Waals surface area contributed by atoms with E-state index in [2.05, 4.69) is 5.32 Å². The van der Waals surface area contributed by atoms with E-state index < -0.39 is 0 Å². The van der Waals surface area contributed by atoms with Gasteiger partial charge in [-0.25, -0.2) is 0 Å². The van der Waals surface area contributed by atoms with E-state index in [4.69, 9.17) is 4.74 Å². The number of phenolic OH excluding ortho intramolecular Hbond substituents is 1. The van der Waals surface area contributed by atoms with Gasteiger partial charge < -0.3 is 15.2 Å². The Morgan fingerprint density at radius 2 is 2.14 bits per heavy atom. The molecule has 1 aliphatic carbocycles. The van der Waals surface area contributed by atoms with Crippen molar-refractivity contribution in [1.29, 1.82) is 0 Å². The number of carbonyl (C=O) groups is 1. The summed E-state index contributed by atoms with van der Waals surface area (Å²) in [6.07, 6.45) is 3.88. The van der Waals surface area contributed by atoms with Crippen LogP contribution in [0, 0.1) is 5.92 Å². The van der Waals surface area contributed by atoms with Crippen molar-refractivity contribution in [3.63, 3.8) is 0 Å². The Kier molecular flexibility index (Phi) is 4.18. The molecule has 0 bridgehead atoms. The molecule has 2 aromatic carbocycles. The lowest BCUT2D eigenvalue weighted by molar-refractivity contribution is -0.127. The van der Waals surface area contributed by atoms with Gasteiger partial charge in [-0.15, -0.1) is 0 Å². The van der Waals surface area contributed by atoms with Gasteiger partial charge in [0.1, 0.15) is 11.5 Å². The van der Waals surface area contributed by atoms with E-state index in [0.717, 1.165) is 41.3 Å². The molecule has 1 saturated carbocycles. The Morgan fingerprint density at radius 1 is 1.32 bits per heavy atom. The number of ether oxygens (including phenoxy) is 1. The normalized spacial score (nSPS) is 14.6. The lowest BCUT2D eigenvalue weighted by Gasteiger charge is -2.24. The van der Waals surface area contributed by atoms with Crippen molar-refractivity contribution in [2.24, 2.45) is 5.92 Å². The zero-order valence-corrected chi connectivity index (χ0v) is 12.8. The molecule has 0 radical (unpaired) electrons. The summed E-state index contributed by atoms with van der Waals surface area (Å²) in [7, 11) is 1.64. The Balaban J connectivity index is 1.75. The van der Waals surface area contributed by atoms with Crippen molar-refractivity contribution in [3.8, 4) is 11.5 Å². The first-order chi connectivity index (χ1) is 10.7. The number of carbonyl (C=O) groups excluding carboxylic acids is 1. The Bertz CT molecular complexity index is 692. The van der Waals surface area contributed by atoms with Gasteiger partial charge >= 0.3 is 0 Å². The average Bonchev–Trinajstić information content (AvgIpc) is 2.44. The maximum atomic E-state index is 11.9. The van der Waals surface area contributed by atoms with E-state index in [9.17, 15) is 9.90 Å². The molecule has 2 N–H and O–H groups in total. The monoisotopic (exact) mass is 299 g/mol. The Hall–Kier alpha value is -2.23. The highest BCUT2D eigenvalue weighted by atomic mass is 16.5. The zero-order valence-electron chi connectivity index (χ0n) is 12.8. The van der Waals surface area contributed by atoms with Gasteiger partial charge in [0.2, 0.25) is 5.91 Å². The van der Waals surface area contributed by atoms with E-state index >= 15 is 0 Å². The topological polar surface area (TPSA) is 58.6 Å². The minimum atomic E-state index is 0.160. The summed E-state index contributed by atoms with van der Waals surface area (Å²) >= 11 is 0. The highest BCUT2D eigenvalue weighted by molar-refractivity contribution is 5.88. The van der Waals surface area contributed by atoms with Crippen LogP contribution >= 0.6 is 0 Å². The van der Waals surface area contributed by atoms with Crippen LogP contribution in [0.5, 0.6) is 11.5 Å². The maximum Gasteiger partial charge on any atom is 0.223 e. The fraction of sp³-hybridized carbons (Fsp3) is 0.389. The molecule has 116 valence electrons. The predicted octanol–water partition coefficient (Wildman–Crippen LogP) is 3.01. The van der Waals surface area contributed by atoms with Crippen LogP contribution in [0.15, 0.2) is 30.3 Å². The zero-order chi connectivity index (χ0) is 15.5. The van der Waals surface area contributed by atoms with Crippen LogP contribution < -0.4 is 10.1 Å². The third kappa shape index (κ3) is 3.01. The average molecular weight is 299 g/mol. The molecule has 0 spiro atoms. The van der Waals surface area contributed by atoms with Crippen LogP contribution in [0.25, 0.3) is 10.8 Å². The van der Waals surface area contributed by atoms with Crippen molar-refractivity contribution >= 4 is 16.7 Å². The van der Waals surface area contributed by atoms with Gasteiger partial charge in [0, 0.05) is 12.5 Å². The minimum absolute atomic E-state index is 0.160. The first-order valence-electron chi connectivity index (χ1n) is 7.75. The smallest absolute Gasteiger partial charge is 0.223 e. The van der Waals surface area contributed by atoms with E-state index in [1.807, 2.05) is 18.2 Å². The molecule has 0 saturated heterocycles. The van der Waals surface area contributed by atoms with E-state index in [-0.39, 0.29) is 17.6 Å². The van der Waals surface area contributed by atoms with Gasteiger partial charge in [0.15, 0.2) is 0 Å². The number of nitrogens with one attached hydrogen (secondary N) is 1. The quantitative estimate of drug-likeness (QED) is 0.892. The second-order valence-corrected chi connectivity index (χ2v) is 5.86. The summed E-state index contributed by atoms with van der Waals surface area (Å²) in [6, 6.07) is 9.29. The molecule has 1 fully saturated rings. The first-order valence-corrected chi connectivity index (χ1v) is 7.75. The summed E-state index contributed by atoms with van der Waals surface area (Å²) in [5.74, 6) is 1.41. The molecular formula is C18H21NO3. The lowest BCUT2D eigenvalue weighted by atomic mass is 9.85. The summed E-state index contributed by atoms with van der Waals surface area (Å²) in [6.45, 7) is 0.588. The molecule has 4 nitrogen and oxygen atoms in total. The molecule has 1 aliphatic rings. The fourth-order valence-corrected chi connectivity index (χ4v) is 2.87. The predicted molar refractivity (Wildman–Crippen MR) is 86.2 cm³/mol. The van der Waals surface area contributed by atoms with Crippen LogP contribution in [-0.2, 0) is 11.2 Å². The van der Waals surface area contributed by atoms with Gasteiger partial charge in [-0.05, 0) is 59.9 Å². The number of rotatable bonds is 5. The van der Waals surface area contributed by atoms with Crippen molar-refractivity contribution in [3.05, 3.63) is 35.9 Å². The van der Waals surface area contributed by atoms with Crippen molar-refractivity contribution in [2.45, 2.75) is 25.7 Å². The van der Waals surface area contributed by atoms with Crippen LogP contribution in [0.3, 0.4) is 0 Å². The van der Waals surface area contributed by atoms with Gasteiger partial charge in [-0.3, -0.25) is 4.79 Å². The number of aromatic hydroxyl groups is 1. The molecule has 4 heteroatoms. The van der Waals surface area contributed by atoms with Crippen molar-refractivity contribution in [1.82, 2.24) is 5.32 Å². The van der Waals surface area contributed by atoms with E-state index in [1.165, 1.54) is 0 Å². The SMILES string of the molecule is COc1ccc2cc(O)cc(CCNC(=O)C3CCC3)c2c1. The van der Waals surface area contributed by atoms with Gasteiger partial charge in [0.25, 0.3) is 0 Å². The molecule has 0 aromatic heterocycles. The Morgan fingerprint density at radius 3 is 2.82 bits per heavy atom. The van der Waals surface area contributed by atoms with Gasteiger partial charge in [-0.1, -0.05) is 12.5 Å². The molecule has 2 aromatic rings. The second-order valence-electron chi connectivity index (χ2n) is 5.86. The van der Waals surface area contributed by atoms with Crippen LogP contribution in [0.1, 0.15) is 24.8 Å². The number of methoxy groups -OCH3 is 1. The first kappa shape index (κ1) is 14.7. The van der Waals surface area contributed by atoms with Crippen molar-refractivity contribution < 1.29 is 14.6 Å². The van der Waals surface area contributed by atoms with E-state index in [1.54, 1.807) is 19.2 Å². The number of hydrogen-bond acceptors (Lipinski definition) is 3. The fourth-order valence-electron chi connectivity index (χ4n) is 2.87. The number of amides is 1. The number of phenols is 1. The standard InChI is InChI=1S/C18H21NO3/c1-22-16-6-5-13-9-15(20)10-14(17(13)11-16)7-8-19-18(21)12-3-2-4-12/h5-6,9-12,20H,2-4,7-8H2,1H3,(H,19,21). The number of fused-ring (bicyclic) bond motifs is 1. The van der Waals surface area contributed by atoms with Crippen LogP contribution in [-0.4, -0.2) is 24.7 Å². The molecule has 0 heterocycles. The molecule has 3 rings (SSSR count). The maximum absolute atomic E-state index is 11.9. The van der Waals surface area contributed by atoms with E-state index in [0.29, 0.717) is 13.0 Å². The molecular weight excluding hydrogens is 278 g/mol. The third-order valence-corrected chi connectivity index (χ3v) is 4.40. The molecule has 1 amide bonds. The molecule has 22 heavy (non-hydrogen) atoms. The lowest BCUT2D eigenvalue weighted by Crippen LogP contribution is -2.35. The number of benzene rings is 2. The summed E-state index contributed by atoms with van der Waals surface area (Å²) in [5, 5.41) is 14.9. The van der Waals surface area contributed by atoms with Crippen LogP contribution in [0.2, 0.25) is 0 Å². The molecule has 0 aliphatic heterocycles. The van der Waals surface area contributed by atoms with Crippen LogP contribution in [0.4, 0.5) is 0 Å². The number of hydrogen-bond donors (Lipinski definition) is 2. The molecule has 0 atom stereocenters. The highest BCUT2D eigenvalue weighted by Crippen LogP contribution is 2.29. The summed E-state index contributed by atoms with van der Waals surface area (Å²) in [5.41, 5.74) is 1.02. The minimum Gasteiger partial charge on any atom is -0.508 e. The second kappa shape index (κ2) is 6.26. The Labute approximate surface area is 130 Å². The third-order valence-electron chi connectivity index (χ3n) is 4.40. The summed E-state index contributed by atoms with van der Waals surface area (Å²) < 4.78 is 5.27.